The highest BCUT2D eigenvalue weighted by Gasteiger charge is 2.26. The standard InChI is InChI=1S/C5H10N4O8P2/c10-1-6-18(14,7-2-11)16-5-17-19(15,8-3-12)9-4-13/h1-4H,5H2,(H2,6,7,10,11,14)(H2,8,9,12,13,15). The zero-order valence-corrected chi connectivity index (χ0v) is 11.0. The quantitative estimate of drug-likeness (QED) is 0.185. The van der Waals surface area contributed by atoms with E-state index in [1.165, 1.54) is 0 Å². The third-order valence-corrected chi connectivity index (χ3v) is 4.08. The predicted molar refractivity (Wildman–Crippen MR) is 59.0 cm³/mol. The van der Waals surface area contributed by atoms with Crippen molar-refractivity contribution in [3.05, 3.63) is 0 Å². The van der Waals surface area contributed by atoms with Gasteiger partial charge in [0.25, 0.3) is 0 Å². The molecule has 0 fully saturated rings. The molecule has 0 aliphatic heterocycles. The number of amides is 4. The highest BCUT2D eigenvalue weighted by molar-refractivity contribution is 7.56. The number of carbonyl (C=O) groups is 4. The highest BCUT2D eigenvalue weighted by atomic mass is 31.2. The van der Waals surface area contributed by atoms with Crippen molar-refractivity contribution in [2.75, 3.05) is 6.79 Å². The van der Waals surface area contributed by atoms with Crippen LogP contribution in [0.25, 0.3) is 0 Å². The molecule has 19 heavy (non-hydrogen) atoms. The van der Waals surface area contributed by atoms with Crippen LogP contribution in [-0.2, 0) is 37.4 Å². The topological polar surface area (TPSA) is 169 Å². The molecule has 4 N–H and O–H groups in total. The average molecular weight is 316 g/mol. The van der Waals surface area contributed by atoms with E-state index in [1.807, 2.05) is 0 Å². The molecule has 0 aromatic carbocycles. The Morgan fingerprint density at radius 1 is 0.684 bits per heavy atom. The molecule has 0 saturated heterocycles. The van der Waals surface area contributed by atoms with Crippen molar-refractivity contribution in [1.29, 1.82) is 0 Å². The summed E-state index contributed by atoms with van der Waals surface area (Å²) in [6.07, 6.45) is -0.0389. The first-order chi connectivity index (χ1) is 8.95. The lowest BCUT2D eigenvalue weighted by Gasteiger charge is -2.18. The van der Waals surface area contributed by atoms with E-state index < -0.39 is 22.1 Å². The summed E-state index contributed by atoms with van der Waals surface area (Å²) in [4.78, 5) is 40.5. The van der Waals surface area contributed by atoms with E-state index in [0.29, 0.717) is 0 Å². The Kier molecular flexibility index (Phi) is 7.61. The summed E-state index contributed by atoms with van der Waals surface area (Å²) in [7, 11) is -8.12. The van der Waals surface area contributed by atoms with Crippen molar-refractivity contribution in [3.8, 4) is 0 Å². The molecule has 14 heteroatoms. The molecule has 0 heterocycles. The molecule has 0 unspecified atom stereocenters. The smallest absolute Gasteiger partial charge is 0.278 e. The van der Waals surface area contributed by atoms with E-state index in [1.54, 1.807) is 20.3 Å². The second-order valence-electron chi connectivity index (χ2n) is 2.47. The van der Waals surface area contributed by atoms with Gasteiger partial charge in [-0.15, -0.1) is 0 Å². The van der Waals surface area contributed by atoms with Crippen LogP contribution in [0.5, 0.6) is 0 Å². The van der Waals surface area contributed by atoms with Crippen molar-refractivity contribution in [1.82, 2.24) is 20.3 Å². The molecule has 0 rings (SSSR count). The van der Waals surface area contributed by atoms with Crippen molar-refractivity contribution in [3.63, 3.8) is 0 Å². The average Bonchev–Trinajstić information content (AvgIpc) is 2.29. The number of carbonyl (C=O) groups excluding carboxylic acids is 4. The Hall–Kier alpha value is -1.74. The van der Waals surface area contributed by atoms with Gasteiger partial charge in [0.05, 0.1) is 0 Å². The lowest BCUT2D eigenvalue weighted by molar-refractivity contribution is -0.109. The summed E-state index contributed by atoms with van der Waals surface area (Å²) in [5.74, 6) is 0. The molecule has 0 aliphatic rings. The van der Waals surface area contributed by atoms with E-state index in [4.69, 9.17) is 0 Å². The van der Waals surface area contributed by atoms with E-state index in [-0.39, 0.29) is 25.6 Å². The third-order valence-electron chi connectivity index (χ3n) is 1.36. The minimum atomic E-state index is -4.06. The Morgan fingerprint density at radius 3 is 1.16 bits per heavy atom. The monoisotopic (exact) mass is 316 g/mol. The molecule has 0 aromatic heterocycles. The van der Waals surface area contributed by atoms with Crippen molar-refractivity contribution in [2.45, 2.75) is 0 Å². The molecule has 0 saturated carbocycles. The van der Waals surface area contributed by atoms with Gasteiger partial charge in [-0.2, -0.15) is 0 Å². The number of rotatable bonds is 12. The fraction of sp³-hybridized carbons (Fsp3) is 0.200. The van der Waals surface area contributed by atoms with Crippen LogP contribution in [0.15, 0.2) is 0 Å². The van der Waals surface area contributed by atoms with E-state index in [9.17, 15) is 28.3 Å². The first-order valence-electron chi connectivity index (χ1n) is 4.30. The maximum Gasteiger partial charge on any atom is 0.397 e. The van der Waals surface area contributed by atoms with Gasteiger partial charge in [-0.1, -0.05) is 0 Å². The second kappa shape index (κ2) is 8.38. The van der Waals surface area contributed by atoms with Gasteiger partial charge in [0.15, 0.2) is 6.79 Å². The first-order valence-corrected chi connectivity index (χ1v) is 7.55. The van der Waals surface area contributed by atoms with Gasteiger partial charge < -0.3 is 0 Å². The molecule has 0 spiro atoms. The maximum absolute atomic E-state index is 11.6. The van der Waals surface area contributed by atoms with Gasteiger partial charge in [0, 0.05) is 0 Å². The van der Waals surface area contributed by atoms with Crippen molar-refractivity contribution < 1.29 is 37.4 Å². The van der Waals surface area contributed by atoms with Crippen LogP contribution in [0.4, 0.5) is 0 Å². The Balaban J connectivity index is 4.52. The van der Waals surface area contributed by atoms with Crippen LogP contribution in [0.3, 0.4) is 0 Å². The Morgan fingerprint density at radius 2 is 0.947 bits per heavy atom. The van der Waals surface area contributed by atoms with Crippen LogP contribution in [0.2, 0.25) is 0 Å². The normalized spacial score (nSPS) is 10.9. The van der Waals surface area contributed by atoms with Crippen LogP contribution in [-0.4, -0.2) is 32.4 Å². The van der Waals surface area contributed by atoms with Gasteiger partial charge in [-0.05, 0) is 0 Å². The van der Waals surface area contributed by atoms with Crippen molar-refractivity contribution in [2.24, 2.45) is 0 Å². The molecular formula is C5H10N4O8P2. The lowest BCUT2D eigenvalue weighted by atomic mass is 11.5. The van der Waals surface area contributed by atoms with E-state index in [2.05, 4.69) is 9.05 Å². The summed E-state index contributed by atoms with van der Waals surface area (Å²) in [5.41, 5.74) is 0. The molecular weight excluding hydrogens is 306 g/mol. The minimum absolute atomic E-state index is 0.00971. The molecule has 12 nitrogen and oxygen atoms in total. The van der Waals surface area contributed by atoms with E-state index >= 15 is 0 Å². The summed E-state index contributed by atoms with van der Waals surface area (Å²) < 4.78 is 32.0. The zero-order chi connectivity index (χ0) is 14.8. The van der Waals surface area contributed by atoms with E-state index in [0.717, 1.165) is 0 Å². The van der Waals surface area contributed by atoms with Crippen LogP contribution in [0.1, 0.15) is 0 Å². The summed E-state index contributed by atoms with van der Waals surface area (Å²) in [6, 6.07) is 0. The fourth-order valence-electron chi connectivity index (χ4n) is 0.673. The Bertz CT molecular complexity index is 361. The zero-order valence-electron chi connectivity index (χ0n) is 9.18. The van der Waals surface area contributed by atoms with Crippen LogP contribution < -0.4 is 20.3 Å². The molecule has 0 atom stereocenters. The van der Waals surface area contributed by atoms with Gasteiger partial charge in [0.1, 0.15) is 0 Å². The lowest BCUT2D eigenvalue weighted by Crippen LogP contribution is -2.25. The summed E-state index contributed by atoms with van der Waals surface area (Å²) >= 11 is 0. The van der Waals surface area contributed by atoms with Gasteiger partial charge in [-0.3, -0.25) is 48.6 Å². The second-order valence-corrected chi connectivity index (χ2v) is 6.22. The van der Waals surface area contributed by atoms with Gasteiger partial charge in [-0.25, -0.2) is 9.13 Å². The Labute approximate surface area is 106 Å². The molecule has 0 radical (unpaired) electrons. The molecule has 0 aromatic rings. The number of nitrogens with one attached hydrogen (secondary N) is 4. The van der Waals surface area contributed by atoms with Gasteiger partial charge in [0.2, 0.25) is 25.6 Å². The molecule has 0 bridgehead atoms. The van der Waals surface area contributed by atoms with Crippen molar-refractivity contribution >= 4 is 41.0 Å². The fourth-order valence-corrected chi connectivity index (χ4v) is 2.16. The molecule has 4 amide bonds. The maximum atomic E-state index is 11.6. The largest absolute Gasteiger partial charge is 0.397 e. The number of hydrogen-bond donors (Lipinski definition) is 4. The predicted octanol–water partition coefficient (Wildman–Crippen LogP) is -1.82. The summed E-state index contributed by atoms with van der Waals surface area (Å²) in [6.45, 7) is -0.974. The minimum Gasteiger partial charge on any atom is -0.278 e. The summed E-state index contributed by atoms with van der Waals surface area (Å²) in [5, 5.41) is 6.68. The molecule has 0 aliphatic carbocycles. The van der Waals surface area contributed by atoms with Crippen LogP contribution >= 0.6 is 15.3 Å². The SMILES string of the molecule is O=CNP(=O)(NC=O)OCOP(=O)(NC=O)NC=O. The highest BCUT2D eigenvalue weighted by Crippen LogP contribution is 2.40. The number of hydrogen-bond acceptors (Lipinski definition) is 8. The van der Waals surface area contributed by atoms with Crippen LogP contribution in [0, 0.1) is 0 Å². The molecule has 108 valence electrons. The first kappa shape index (κ1) is 17.3. The third kappa shape index (κ3) is 6.67. The van der Waals surface area contributed by atoms with Gasteiger partial charge >= 0.3 is 15.3 Å².